The van der Waals surface area contributed by atoms with Crippen molar-refractivity contribution in [1.29, 1.82) is 0 Å². The molecular formula is C16H21NO5S. The molecular weight excluding hydrogens is 318 g/mol. The van der Waals surface area contributed by atoms with Gasteiger partial charge >= 0.3 is 5.97 Å². The first-order valence-electron chi connectivity index (χ1n) is 7.51. The molecule has 0 radical (unpaired) electrons. The van der Waals surface area contributed by atoms with Gasteiger partial charge in [0, 0.05) is 13.1 Å². The number of benzene rings is 1. The highest BCUT2D eigenvalue weighted by Crippen LogP contribution is 2.27. The number of rotatable bonds is 4. The third-order valence-electron chi connectivity index (χ3n) is 4.26. The van der Waals surface area contributed by atoms with Gasteiger partial charge in [0.2, 0.25) is 0 Å². The molecule has 1 saturated heterocycles. The van der Waals surface area contributed by atoms with Gasteiger partial charge in [0.15, 0.2) is 9.84 Å². The van der Waals surface area contributed by atoms with Crippen molar-refractivity contribution in [3.63, 3.8) is 0 Å². The molecule has 1 aromatic carbocycles. The van der Waals surface area contributed by atoms with Crippen LogP contribution in [-0.2, 0) is 14.6 Å². The van der Waals surface area contributed by atoms with Gasteiger partial charge in [-0.3, -0.25) is 9.59 Å². The van der Waals surface area contributed by atoms with E-state index < -0.39 is 32.9 Å². The highest BCUT2D eigenvalue weighted by atomic mass is 32.2. The molecule has 0 aliphatic carbocycles. The minimum atomic E-state index is -3.59. The van der Waals surface area contributed by atoms with Gasteiger partial charge in [0.1, 0.15) is 0 Å². The van der Waals surface area contributed by atoms with E-state index in [0.717, 1.165) is 0 Å². The molecule has 7 heteroatoms. The van der Waals surface area contributed by atoms with Gasteiger partial charge in [-0.2, -0.15) is 0 Å². The smallest absolute Gasteiger partial charge is 0.308 e. The fraction of sp³-hybridized carbons (Fsp3) is 0.500. The van der Waals surface area contributed by atoms with E-state index in [0.29, 0.717) is 6.54 Å². The van der Waals surface area contributed by atoms with Gasteiger partial charge in [-0.15, -0.1) is 0 Å². The Labute approximate surface area is 136 Å². The first-order chi connectivity index (χ1) is 10.7. The Balaban J connectivity index is 2.37. The topological polar surface area (TPSA) is 91.8 Å². The van der Waals surface area contributed by atoms with Crippen LogP contribution >= 0.6 is 0 Å². The normalized spacial score (nSPS) is 21.7. The average molecular weight is 339 g/mol. The van der Waals surface area contributed by atoms with Crippen LogP contribution in [0.25, 0.3) is 0 Å². The second-order valence-corrected chi connectivity index (χ2v) is 8.69. The first-order valence-corrected chi connectivity index (χ1v) is 9.06. The largest absolute Gasteiger partial charge is 0.481 e. The van der Waals surface area contributed by atoms with Crippen molar-refractivity contribution in [1.82, 2.24) is 4.90 Å². The summed E-state index contributed by atoms with van der Waals surface area (Å²) in [6.07, 6.45) is 0. The molecule has 1 aromatic rings. The molecule has 1 aliphatic heterocycles. The van der Waals surface area contributed by atoms with E-state index in [1.54, 1.807) is 32.9 Å². The first kappa shape index (κ1) is 17.5. The SMILES string of the molecule is CC(C)S(=O)(=O)c1ccccc1C(=O)N1C[C@@H](C)[C@H](C(=O)O)C1. The summed E-state index contributed by atoms with van der Waals surface area (Å²) in [5.41, 5.74) is 0.111. The van der Waals surface area contributed by atoms with Crippen LogP contribution in [0, 0.1) is 11.8 Å². The molecule has 2 rings (SSSR count). The van der Waals surface area contributed by atoms with E-state index in [1.165, 1.54) is 17.0 Å². The quantitative estimate of drug-likeness (QED) is 0.901. The Morgan fingerprint density at radius 2 is 1.83 bits per heavy atom. The van der Waals surface area contributed by atoms with E-state index in [-0.39, 0.29) is 22.9 Å². The number of carbonyl (C=O) groups is 2. The summed E-state index contributed by atoms with van der Waals surface area (Å²) in [5, 5.41) is 8.54. The zero-order chi connectivity index (χ0) is 17.4. The predicted molar refractivity (Wildman–Crippen MR) is 85.0 cm³/mol. The number of aliphatic carboxylic acids is 1. The van der Waals surface area contributed by atoms with Crippen LogP contribution in [0.4, 0.5) is 0 Å². The molecule has 1 heterocycles. The Morgan fingerprint density at radius 1 is 1.22 bits per heavy atom. The van der Waals surface area contributed by atoms with Gasteiger partial charge < -0.3 is 10.0 Å². The van der Waals surface area contributed by atoms with E-state index >= 15 is 0 Å². The molecule has 1 aliphatic rings. The lowest BCUT2D eigenvalue weighted by Gasteiger charge is -2.19. The molecule has 0 aromatic heterocycles. The Bertz CT molecular complexity index is 726. The molecule has 2 atom stereocenters. The van der Waals surface area contributed by atoms with E-state index in [2.05, 4.69) is 0 Å². The number of hydrogen-bond acceptors (Lipinski definition) is 4. The molecule has 23 heavy (non-hydrogen) atoms. The number of carboxylic acids is 1. The van der Waals surface area contributed by atoms with Crippen molar-refractivity contribution in [3.05, 3.63) is 29.8 Å². The molecule has 1 N–H and O–H groups in total. The van der Waals surface area contributed by atoms with Crippen molar-refractivity contribution in [2.75, 3.05) is 13.1 Å². The standard InChI is InChI=1S/C16H21NO5S/c1-10(2)23(21,22)14-7-5-4-6-12(14)15(18)17-8-11(3)13(9-17)16(19)20/h4-7,10-11,13H,8-9H2,1-3H3,(H,19,20)/t11-,13-/m1/s1. The van der Waals surface area contributed by atoms with Crippen LogP contribution in [0.2, 0.25) is 0 Å². The fourth-order valence-corrected chi connectivity index (χ4v) is 4.01. The van der Waals surface area contributed by atoms with Crippen LogP contribution in [0.15, 0.2) is 29.2 Å². The van der Waals surface area contributed by atoms with Gasteiger partial charge in [-0.05, 0) is 31.9 Å². The minimum Gasteiger partial charge on any atom is -0.481 e. The van der Waals surface area contributed by atoms with Crippen molar-refractivity contribution in [2.24, 2.45) is 11.8 Å². The molecule has 0 saturated carbocycles. The lowest BCUT2D eigenvalue weighted by atomic mass is 9.99. The summed E-state index contributed by atoms with van der Waals surface area (Å²) < 4.78 is 24.9. The highest BCUT2D eigenvalue weighted by Gasteiger charge is 2.38. The maximum atomic E-state index is 12.7. The number of sulfone groups is 1. The third-order valence-corrected chi connectivity index (χ3v) is 6.47. The van der Waals surface area contributed by atoms with Crippen LogP contribution in [0.5, 0.6) is 0 Å². The Kier molecular flexibility index (Phi) is 4.79. The minimum absolute atomic E-state index is 0.00595. The number of likely N-dealkylation sites (tertiary alicyclic amines) is 1. The number of amides is 1. The second-order valence-electron chi connectivity index (χ2n) is 6.22. The number of hydrogen-bond donors (Lipinski definition) is 1. The van der Waals surface area contributed by atoms with Crippen molar-refractivity contribution in [3.8, 4) is 0 Å². The van der Waals surface area contributed by atoms with Crippen LogP contribution in [0.3, 0.4) is 0 Å². The molecule has 0 spiro atoms. The monoisotopic (exact) mass is 339 g/mol. The van der Waals surface area contributed by atoms with Crippen LogP contribution < -0.4 is 0 Å². The summed E-state index contributed by atoms with van der Waals surface area (Å²) >= 11 is 0. The molecule has 0 unspecified atom stereocenters. The van der Waals surface area contributed by atoms with E-state index in [1.807, 2.05) is 0 Å². The van der Waals surface area contributed by atoms with E-state index in [4.69, 9.17) is 0 Å². The fourth-order valence-electron chi connectivity index (χ4n) is 2.77. The molecule has 126 valence electrons. The summed E-state index contributed by atoms with van der Waals surface area (Å²) in [7, 11) is -3.59. The van der Waals surface area contributed by atoms with Gasteiger partial charge in [0.25, 0.3) is 5.91 Å². The number of carboxylic acid groups (broad SMARTS) is 1. The summed E-state index contributed by atoms with van der Waals surface area (Å²) in [6, 6.07) is 6.10. The van der Waals surface area contributed by atoms with Gasteiger partial charge in [-0.25, -0.2) is 8.42 Å². The maximum Gasteiger partial charge on any atom is 0.308 e. The van der Waals surface area contributed by atoms with Crippen LogP contribution in [0.1, 0.15) is 31.1 Å². The summed E-state index contributed by atoms with van der Waals surface area (Å²) in [4.78, 5) is 25.4. The van der Waals surface area contributed by atoms with Crippen molar-refractivity contribution >= 4 is 21.7 Å². The molecule has 6 nitrogen and oxygen atoms in total. The molecule has 1 fully saturated rings. The third kappa shape index (κ3) is 3.24. The Hall–Kier alpha value is -1.89. The van der Waals surface area contributed by atoms with Crippen LogP contribution in [-0.4, -0.2) is 48.6 Å². The number of carbonyl (C=O) groups excluding carboxylic acids is 1. The summed E-state index contributed by atoms with van der Waals surface area (Å²) in [5.74, 6) is -2.14. The maximum absolute atomic E-state index is 12.7. The van der Waals surface area contributed by atoms with Gasteiger partial charge in [0.05, 0.1) is 21.6 Å². The zero-order valence-electron chi connectivity index (χ0n) is 13.4. The molecule has 0 bridgehead atoms. The zero-order valence-corrected chi connectivity index (χ0v) is 14.2. The second kappa shape index (κ2) is 6.31. The van der Waals surface area contributed by atoms with Gasteiger partial charge in [-0.1, -0.05) is 19.1 Å². The predicted octanol–water partition coefficient (Wildman–Crippen LogP) is 1.66. The molecule has 1 amide bonds. The van der Waals surface area contributed by atoms with E-state index in [9.17, 15) is 23.1 Å². The lowest BCUT2D eigenvalue weighted by Crippen LogP contribution is -2.31. The summed E-state index contributed by atoms with van der Waals surface area (Å²) in [6.45, 7) is 5.32. The number of nitrogens with zero attached hydrogens (tertiary/aromatic N) is 1. The lowest BCUT2D eigenvalue weighted by molar-refractivity contribution is -0.142. The average Bonchev–Trinajstić information content (AvgIpc) is 2.88. The van der Waals surface area contributed by atoms with Crippen molar-refractivity contribution in [2.45, 2.75) is 30.9 Å². The Morgan fingerprint density at radius 3 is 2.35 bits per heavy atom. The van der Waals surface area contributed by atoms with Crippen molar-refractivity contribution < 1.29 is 23.1 Å². The highest BCUT2D eigenvalue weighted by molar-refractivity contribution is 7.92.